The average molecular weight is 264 g/mol. The van der Waals surface area contributed by atoms with Gasteiger partial charge in [-0.1, -0.05) is 35.7 Å². The lowest BCUT2D eigenvalue weighted by Crippen LogP contribution is -2.14. The van der Waals surface area contributed by atoms with Crippen LogP contribution in [0.5, 0.6) is 0 Å². The molecule has 0 saturated carbocycles. The van der Waals surface area contributed by atoms with Crippen molar-refractivity contribution in [2.45, 2.75) is 13.5 Å². The molecule has 0 unspecified atom stereocenters. The van der Waals surface area contributed by atoms with E-state index in [0.717, 1.165) is 16.7 Å². The quantitative estimate of drug-likeness (QED) is 0.861. The molecule has 0 fully saturated rings. The summed E-state index contributed by atoms with van der Waals surface area (Å²) in [4.78, 5) is 11.9. The lowest BCUT2D eigenvalue weighted by atomic mass is 10.1. The molecule has 0 atom stereocenters. The Bertz CT molecular complexity index is 613. The van der Waals surface area contributed by atoms with Crippen molar-refractivity contribution >= 4 is 28.5 Å². The van der Waals surface area contributed by atoms with Gasteiger partial charge in [-0.05, 0) is 24.1 Å². The SMILES string of the molecule is Cc1cc(C(N)=S)ccc1Cn1ccsc1=O. The number of aryl methyl sites for hydroxylation is 1. The first-order valence-electron chi connectivity index (χ1n) is 5.11. The Morgan fingerprint density at radius 3 is 2.82 bits per heavy atom. The molecule has 5 heteroatoms. The maximum Gasteiger partial charge on any atom is 0.307 e. The van der Waals surface area contributed by atoms with Gasteiger partial charge in [-0.2, -0.15) is 0 Å². The second kappa shape index (κ2) is 4.81. The van der Waals surface area contributed by atoms with Crippen LogP contribution in [0.25, 0.3) is 0 Å². The molecule has 2 rings (SSSR count). The molecular formula is C12H12N2OS2. The number of thiazole rings is 1. The Kier molecular flexibility index (Phi) is 3.40. The van der Waals surface area contributed by atoms with Crippen molar-refractivity contribution in [2.24, 2.45) is 5.73 Å². The second-order valence-corrected chi connectivity index (χ2v) is 5.10. The zero-order valence-electron chi connectivity index (χ0n) is 9.34. The fourth-order valence-electron chi connectivity index (χ4n) is 1.62. The lowest BCUT2D eigenvalue weighted by molar-refractivity contribution is 0.779. The molecular weight excluding hydrogens is 252 g/mol. The summed E-state index contributed by atoms with van der Waals surface area (Å²) < 4.78 is 1.69. The van der Waals surface area contributed by atoms with Crippen LogP contribution in [-0.4, -0.2) is 9.56 Å². The maximum absolute atomic E-state index is 11.5. The fourth-order valence-corrected chi connectivity index (χ4v) is 2.33. The Labute approximate surface area is 109 Å². The first-order chi connectivity index (χ1) is 8.08. The van der Waals surface area contributed by atoms with Gasteiger partial charge in [0.05, 0.1) is 6.54 Å². The molecule has 0 saturated heterocycles. The van der Waals surface area contributed by atoms with Crippen molar-refractivity contribution in [2.75, 3.05) is 0 Å². The molecule has 17 heavy (non-hydrogen) atoms. The zero-order valence-corrected chi connectivity index (χ0v) is 11.0. The molecule has 0 aliphatic rings. The van der Waals surface area contributed by atoms with Gasteiger partial charge in [0.1, 0.15) is 4.99 Å². The third kappa shape index (κ3) is 2.62. The van der Waals surface area contributed by atoms with E-state index in [1.54, 1.807) is 16.1 Å². The molecule has 1 aromatic heterocycles. The standard InChI is InChI=1S/C12H12N2OS2/c1-8-6-9(11(13)16)2-3-10(8)7-14-4-5-17-12(14)15/h2-6H,7H2,1H3,(H2,13,16). The Morgan fingerprint density at radius 1 is 1.53 bits per heavy atom. The molecule has 0 spiro atoms. The maximum atomic E-state index is 11.5. The van der Waals surface area contributed by atoms with Gasteiger partial charge in [0.15, 0.2) is 0 Å². The molecule has 0 aliphatic heterocycles. The molecule has 0 bridgehead atoms. The van der Waals surface area contributed by atoms with E-state index in [1.807, 2.05) is 25.1 Å². The zero-order chi connectivity index (χ0) is 12.4. The molecule has 88 valence electrons. The number of nitrogens with two attached hydrogens (primary N) is 1. The lowest BCUT2D eigenvalue weighted by Gasteiger charge is -2.08. The van der Waals surface area contributed by atoms with E-state index >= 15 is 0 Å². The highest BCUT2D eigenvalue weighted by atomic mass is 32.1. The number of hydrogen-bond acceptors (Lipinski definition) is 3. The summed E-state index contributed by atoms with van der Waals surface area (Å²) in [7, 11) is 0. The first-order valence-corrected chi connectivity index (χ1v) is 6.40. The number of rotatable bonds is 3. The summed E-state index contributed by atoms with van der Waals surface area (Å²) in [5.41, 5.74) is 8.62. The molecule has 2 N–H and O–H groups in total. The van der Waals surface area contributed by atoms with E-state index in [-0.39, 0.29) is 4.87 Å². The predicted octanol–water partition coefficient (Wildman–Crippen LogP) is 1.90. The van der Waals surface area contributed by atoms with Gasteiger partial charge in [-0.3, -0.25) is 4.79 Å². The van der Waals surface area contributed by atoms with E-state index in [1.165, 1.54) is 11.3 Å². The van der Waals surface area contributed by atoms with E-state index in [9.17, 15) is 4.79 Å². The van der Waals surface area contributed by atoms with Crippen LogP contribution in [0.1, 0.15) is 16.7 Å². The Hall–Kier alpha value is -1.46. The highest BCUT2D eigenvalue weighted by Gasteiger charge is 2.04. The van der Waals surface area contributed by atoms with E-state index in [0.29, 0.717) is 11.5 Å². The van der Waals surface area contributed by atoms with Crippen molar-refractivity contribution in [3.05, 3.63) is 56.1 Å². The van der Waals surface area contributed by atoms with Gasteiger partial charge in [0, 0.05) is 17.1 Å². The van der Waals surface area contributed by atoms with Crippen LogP contribution < -0.4 is 10.6 Å². The van der Waals surface area contributed by atoms with Gasteiger partial charge in [0.2, 0.25) is 0 Å². The smallest absolute Gasteiger partial charge is 0.307 e. The highest BCUT2D eigenvalue weighted by molar-refractivity contribution is 7.80. The van der Waals surface area contributed by atoms with Gasteiger partial charge < -0.3 is 10.3 Å². The monoisotopic (exact) mass is 264 g/mol. The van der Waals surface area contributed by atoms with Crippen molar-refractivity contribution in [3.63, 3.8) is 0 Å². The molecule has 0 radical (unpaired) electrons. The van der Waals surface area contributed by atoms with Crippen LogP contribution in [0.3, 0.4) is 0 Å². The Morgan fingerprint density at radius 2 is 2.29 bits per heavy atom. The molecule has 1 aromatic carbocycles. The minimum Gasteiger partial charge on any atom is -0.389 e. The van der Waals surface area contributed by atoms with Crippen LogP contribution in [0.2, 0.25) is 0 Å². The van der Waals surface area contributed by atoms with Crippen molar-refractivity contribution in [1.29, 1.82) is 0 Å². The van der Waals surface area contributed by atoms with E-state index in [2.05, 4.69) is 0 Å². The first kappa shape index (κ1) is 12.0. The van der Waals surface area contributed by atoms with Gasteiger partial charge in [-0.25, -0.2) is 0 Å². The number of thiocarbonyl (C=S) groups is 1. The van der Waals surface area contributed by atoms with Crippen LogP contribution in [0, 0.1) is 6.92 Å². The average Bonchev–Trinajstić information content (AvgIpc) is 2.67. The third-order valence-electron chi connectivity index (χ3n) is 2.61. The predicted molar refractivity (Wildman–Crippen MR) is 74.7 cm³/mol. The van der Waals surface area contributed by atoms with Crippen molar-refractivity contribution in [1.82, 2.24) is 4.57 Å². The number of hydrogen-bond donors (Lipinski definition) is 1. The van der Waals surface area contributed by atoms with Gasteiger partial charge in [0.25, 0.3) is 0 Å². The molecule has 1 heterocycles. The topological polar surface area (TPSA) is 48.0 Å². The number of nitrogens with zero attached hydrogens (tertiary/aromatic N) is 1. The summed E-state index contributed by atoms with van der Waals surface area (Å²) in [6.45, 7) is 2.58. The van der Waals surface area contributed by atoms with Crippen LogP contribution in [-0.2, 0) is 6.54 Å². The van der Waals surface area contributed by atoms with Crippen LogP contribution in [0.4, 0.5) is 0 Å². The molecule has 2 aromatic rings. The van der Waals surface area contributed by atoms with E-state index < -0.39 is 0 Å². The second-order valence-electron chi connectivity index (χ2n) is 3.80. The van der Waals surface area contributed by atoms with Gasteiger partial charge in [-0.15, -0.1) is 0 Å². The van der Waals surface area contributed by atoms with E-state index in [4.69, 9.17) is 18.0 Å². The third-order valence-corrected chi connectivity index (χ3v) is 3.54. The minimum absolute atomic E-state index is 0.0582. The fraction of sp³-hybridized carbons (Fsp3) is 0.167. The number of aromatic nitrogens is 1. The highest BCUT2D eigenvalue weighted by Crippen LogP contribution is 2.12. The summed E-state index contributed by atoms with van der Waals surface area (Å²) >= 11 is 6.13. The summed E-state index contributed by atoms with van der Waals surface area (Å²) in [5, 5.41) is 1.79. The summed E-state index contributed by atoms with van der Waals surface area (Å²) in [6.07, 6.45) is 1.80. The molecule has 3 nitrogen and oxygen atoms in total. The van der Waals surface area contributed by atoms with Crippen LogP contribution in [0.15, 0.2) is 34.6 Å². The van der Waals surface area contributed by atoms with Crippen molar-refractivity contribution < 1.29 is 0 Å². The normalized spacial score (nSPS) is 10.4. The Balaban J connectivity index is 2.32. The summed E-state index contributed by atoms with van der Waals surface area (Å²) in [5.74, 6) is 0. The largest absolute Gasteiger partial charge is 0.389 e. The number of benzene rings is 1. The van der Waals surface area contributed by atoms with Crippen molar-refractivity contribution in [3.8, 4) is 0 Å². The summed E-state index contributed by atoms with van der Waals surface area (Å²) in [6, 6.07) is 5.81. The van der Waals surface area contributed by atoms with Crippen LogP contribution >= 0.6 is 23.6 Å². The molecule has 0 amide bonds. The molecule has 0 aliphatic carbocycles. The minimum atomic E-state index is 0.0582. The van der Waals surface area contributed by atoms with Gasteiger partial charge >= 0.3 is 4.87 Å².